The molecule has 0 atom stereocenters. The van der Waals surface area contributed by atoms with Crippen LogP contribution in [0.4, 0.5) is 0 Å². The average molecular weight is 286 g/mol. The summed E-state index contributed by atoms with van der Waals surface area (Å²) in [5.41, 5.74) is 1.89. The van der Waals surface area contributed by atoms with Crippen molar-refractivity contribution in [1.29, 1.82) is 0 Å². The van der Waals surface area contributed by atoms with Gasteiger partial charge in [-0.1, -0.05) is 24.3 Å². The van der Waals surface area contributed by atoms with Gasteiger partial charge in [-0.15, -0.1) is 0 Å². The van der Waals surface area contributed by atoms with E-state index in [1.165, 1.54) is 7.11 Å². The number of imidazole rings is 1. The lowest BCUT2D eigenvalue weighted by Crippen LogP contribution is -2.24. The summed E-state index contributed by atoms with van der Waals surface area (Å²) in [7, 11) is 1.38. The van der Waals surface area contributed by atoms with E-state index in [0.29, 0.717) is 12.6 Å². The summed E-state index contributed by atoms with van der Waals surface area (Å²) >= 11 is 0. The lowest BCUT2D eigenvalue weighted by molar-refractivity contribution is -0.139. The van der Waals surface area contributed by atoms with Gasteiger partial charge in [0.2, 0.25) is 0 Å². The van der Waals surface area contributed by atoms with Crippen LogP contribution in [-0.4, -0.2) is 22.2 Å². The molecule has 5 heteroatoms. The van der Waals surface area contributed by atoms with E-state index in [2.05, 4.69) is 0 Å². The highest BCUT2D eigenvalue weighted by Crippen LogP contribution is 2.33. The number of methoxy groups -OCH3 is 1. The lowest BCUT2D eigenvalue weighted by Gasteiger charge is -2.09. The zero-order chi connectivity index (χ0) is 14.8. The smallest absolute Gasteiger partial charge is 0.328 e. The molecule has 1 fully saturated rings. The molecule has 21 heavy (non-hydrogen) atoms. The molecule has 5 nitrogen and oxygen atoms in total. The molecule has 0 saturated heterocycles. The summed E-state index contributed by atoms with van der Waals surface area (Å²) in [6, 6.07) is 8.02. The van der Waals surface area contributed by atoms with Gasteiger partial charge in [0, 0.05) is 18.4 Å². The molecule has 1 heterocycles. The largest absolute Gasteiger partial charge is 0.469 e. The fourth-order valence-corrected chi connectivity index (χ4v) is 2.47. The maximum atomic E-state index is 12.3. The van der Waals surface area contributed by atoms with Gasteiger partial charge in [-0.3, -0.25) is 13.9 Å². The van der Waals surface area contributed by atoms with Crippen molar-refractivity contribution in [2.45, 2.75) is 31.8 Å². The molecule has 0 unspecified atom stereocenters. The van der Waals surface area contributed by atoms with Crippen LogP contribution in [0.25, 0.3) is 0 Å². The van der Waals surface area contributed by atoms with Crippen molar-refractivity contribution < 1.29 is 9.53 Å². The molecule has 3 rings (SSSR count). The number of benzene rings is 1. The number of rotatable bonds is 5. The van der Waals surface area contributed by atoms with Crippen LogP contribution >= 0.6 is 0 Å². The van der Waals surface area contributed by atoms with Gasteiger partial charge < -0.3 is 4.74 Å². The molecule has 0 aliphatic heterocycles. The van der Waals surface area contributed by atoms with Crippen molar-refractivity contribution in [2.24, 2.45) is 0 Å². The van der Waals surface area contributed by atoms with Gasteiger partial charge in [0.1, 0.15) is 0 Å². The standard InChI is InChI=1S/C16H18N2O3/c1-21-15(19)10-12-4-2-3-5-13(12)11-17-8-9-18(16(17)20)14-6-7-14/h2-5,8-9,14H,6-7,10-11H2,1H3. The van der Waals surface area contributed by atoms with E-state index in [-0.39, 0.29) is 18.1 Å². The van der Waals surface area contributed by atoms with Crippen molar-refractivity contribution in [2.75, 3.05) is 7.11 Å². The summed E-state index contributed by atoms with van der Waals surface area (Å²) in [6.45, 7) is 0.478. The van der Waals surface area contributed by atoms with Crippen LogP contribution in [0.15, 0.2) is 41.5 Å². The Bertz CT molecular complexity index is 710. The van der Waals surface area contributed by atoms with Crippen LogP contribution in [0.2, 0.25) is 0 Å². The zero-order valence-corrected chi connectivity index (χ0v) is 12.0. The fraction of sp³-hybridized carbons (Fsp3) is 0.375. The Morgan fingerprint density at radius 1 is 1.24 bits per heavy atom. The van der Waals surface area contributed by atoms with E-state index in [1.54, 1.807) is 9.13 Å². The van der Waals surface area contributed by atoms with Gasteiger partial charge in [-0.05, 0) is 24.0 Å². The monoisotopic (exact) mass is 286 g/mol. The Balaban J connectivity index is 1.84. The third kappa shape index (κ3) is 2.91. The fourth-order valence-electron chi connectivity index (χ4n) is 2.47. The lowest BCUT2D eigenvalue weighted by atomic mass is 10.0. The molecule has 0 bridgehead atoms. The Kier molecular flexibility index (Phi) is 3.64. The van der Waals surface area contributed by atoms with Gasteiger partial charge in [0.05, 0.1) is 20.1 Å². The molecular formula is C16H18N2O3. The van der Waals surface area contributed by atoms with Crippen molar-refractivity contribution in [3.05, 3.63) is 58.3 Å². The maximum absolute atomic E-state index is 12.3. The molecule has 1 aromatic heterocycles. The molecule has 1 saturated carbocycles. The minimum absolute atomic E-state index is 0.0189. The molecule has 2 aromatic rings. The second kappa shape index (κ2) is 5.60. The van der Waals surface area contributed by atoms with Crippen LogP contribution in [-0.2, 0) is 22.5 Å². The van der Waals surface area contributed by atoms with E-state index in [0.717, 1.165) is 24.0 Å². The SMILES string of the molecule is COC(=O)Cc1ccccc1Cn1ccn(C2CC2)c1=O. The van der Waals surface area contributed by atoms with Crippen LogP contribution < -0.4 is 5.69 Å². The average Bonchev–Trinajstić information content (AvgIpc) is 3.27. The van der Waals surface area contributed by atoms with Gasteiger partial charge in [-0.2, -0.15) is 0 Å². The second-order valence-corrected chi connectivity index (χ2v) is 5.37. The molecule has 1 aliphatic carbocycles. The summed E-state index contributed by atoms with van der Waals surface area (Å²) in [6.07, 6.45) is 6.06. The number of aromatic nitrogens is 2. The molecule has 110 valence electrons. The molecule has 0 radical (unpaired) electrons. The third-order valence-electron chi connectivity index (χ3n) is 3.84. The third-order valence-corrected chi connectivity index (χ3v) is 3.84. The number of hydrogen-bond acceptors (Lipinski definition) is 3. The van der Waals surface area contributed by atoms with Gasteiger partial charge in [0.25, 0.3) is 0 Å². The number of ether oxygens (including phenoxy) is 1. The number of carbonyl (C=O) groups excluding carboxylic acids is 1. The van der Waals surface area contributed by atoms with Crippen molar-refractivity contribution in [1.82, 2.24) is 9.13 Å². The van der Waals surface area contributed by atoms with E-state index >= 15 is 0 Å². The molecule has 0 spiro atoms. The maximum Gasteiger partial charge on any atom is 0.328 e. The molecule has 0 N–H and O–H groups in total. The van der Waals surface area contributed by atoms with Crippen LogP contribution in [0.1, 0.15) is 30.0 Å². The first-order valence-electron chi connectivity index (χ1n) is 7.10. The second-order valence-electron chi connectivity index (χ2n) is 5.37. The van der Waals surface area contributed by atoms with Gasteiger partial charge in [0.15, 0.2) is 0 Å². The van der Waals surface area contributed by atoms with Gasteiger partial charge >= 0.3 is 11.7 Å². The molecular weight excluding hydrogens is 268 g/mol. The highest BCUT2D eigenvalue weighted by molar-refractivity contribution is 5.72. The van der Waals surface area contributed by atoms with Crippen molar-refractivity contribution in [3.8, 4) is 0 Å². The predicted octanol–water partition coefficient (Wildman–Crippen LogP) is 1.75. The first-order valence-corrected chi connectivity index (χ1v) is 7.10. The summed E-state index contributed by atoms with van der Waals surface area (Å²) in [5.74, 6) is -0.273. The number of hydrogen-bond donors (Lipinski definition) is 0. The summed E-state index contributed by atoms with van der Waals surface area (Å²) in [5, 5.41) is 0. The quantitative estimate of drug-likeness (QED) is 0.787. The van der Waals surface area contributed by atoms with Crippen LogP contribution in [0.3, 0.4) is 0 Å². The van der Waals surface area contributed by atoms with Crippen molar-refractivity contribution in [3.63, 3.8) is 0 Å². The summed E-state index contributed by atoms with van der Waals surface area (Å²) in [4.78, 5) is 23.7. The molecule has 1 aliphatic rings. The minimum Gasteiger partial charge on any atom is -0.469 e. The first-order chi connectivity index (χ1) is 10.2. The van der Waals surface area contributed by atoms with Crippen LogP contribution in [0.5, 0.6) is 0 Å². The van der Waals surface area contributed by atoms with E-state index < -0.39 is 0 Å². The first kappa shape index (κ1) is 13.7. The van der Waals surface area contributed by atoms with Gasteiger partial charge in [-0.25, -0.2) is 4.79 Å². The predicted molar refractivity (Wildman–Crippen MR) is 78.2 cm³/mol. The Hall–Kier alpha value is -2.30. The number of nitrogens with zero attached hydrogens (tertiary/aromatic N) is 2. The normalized spacial score (nSPS) is 14.1. The Morgan fingerprint density at radius 2 is 1.95 bits per heavy atom. The van der Waals surface area contributed by atoms with Crippen molar-refractivity contribution >= 4 is 5.97 Å². The molecule has 0 amide bonds. The topological polar surface area (TPSA) is 53.2 Å². The Labute approximate surface area is 122 Å². The molecule has 1 aromatic carbocycles. The van der Waals surface area contributed by atoms with E-state index in [4.69, 9.17) is 4.74 Å². The summed E-state index contributed by atoms with van der Waals surface area (Å²) < 4.78 is 8.20. The number of esters is 1. The highest BCUT2D eigenvalue weighted by atomic mass is 16.5. The minimum atomic E-state index is -0.273. The van der Waals surface area contributed by atoms with E-state index in [1.807, 2.05) is 36.7 Å². The highest BCUT2D eigenvalue weighted by Gasteiger charge is 2.25. The number of carbonyl (C=O) groups is 1. The van der Waals surface area contributed by atoms with Crippen LogP contribution in [0, 0.1) is 0 Å². The zero-order valence-electron chi connectivity index (χ0n) is 12.0. The Morgan fingerprint density at radius 3 is 2.62 bits per heavy atom. The van der Waals surface area contributed by atoms with E-state index in [9.17, 15) is 9.59 Å².